The van der Waals surface area contributed by atoms with Crippen LogP contribution in [0.4, 0.5) is 0 Å². The first-order chi connectivity index (χ1) is 15.1. The maximum Gasteiger partial charge on any atom is 0.188 e. The molecule has 1 aromatic carbocycles. The Morgan fingerprint density at radius 1 is 0.969 bits per heavy atom. The van der Waals surface area contributed by atoms with Crippen LogP contribution in [0.5, 0.6) is 11.5 Å². The normalized spacial score (nSPS) is 31.8. The summed E-state index contributed by atoms with van der Waals surface area (Å²) in [6.45, 7) is 9.05. The van der Waals surface area contributed by atoms with E-state index in [-0.39, 0.29) is 36.9 Å². The zero-order chi connectivity index (χ0) is 23.6. The van der Waals surface area contributed by atoms with Crippen molar-refractivity contribution in [2.45, 2.75) is 71.8 Å². The summed E-state index contributed by atoms with van der Waals surface area (Å²) in [6.07, 6.45) is 5.47. The Bertz CT molecular complexity index is 749. The SMILES string of the molecule is COCOc1cc(C)cc(OCOC)c1C[C@@H]1[C@](O)(CO)CC[C@@H]2C(C)(C)CCC[C@]21C. The average molecular weight is 451 g/mol. The summed E-state index contributed by atoms with van der Waals surface area (Å²) in [6, 6.07) is 3.97. The molecule has 2 saturated carbocycles. The van der Waals surface area contributed by atoms with Crippen LogP contribution >= 0.6 is 0 Å². The topological polar surface area (TPSA) is 77.4 Å². The summed E-state index contributed by atoms with van der Waals surface area (Å²) in [5, 5.41) is 22.0. The van der Waals surface area contributed by atoms with E-state index in [2.05, 4.69) is 20.8 Å². The summed E-state index contributed by atoms with van der Waals surface area (Å²) in [7, 11) is 3.19. The van der Waals surface area contributed by atoms with Gasteiger partial charge in [0.1, 0.15) is 11.5 Å². The van der Waals surface area contributed by atoms with E-state index in [4.69, 9.17) is 18.9 Å². The molecule has 2 fully saturated rings. The highest BCUT2D eigenvalue weighted by molar-refractivity contribution is 5.48. The van der Waals surface area contributed by atoms with Gasteiger partial charge in [0.25, 0.3) is 0 Å². The van der Waals surface area contributed by atoms with Gasteiger partial charge in [0.05, 0.1) is 12.2 Å². The van der Waals surface area contributed by atoms with Crippen LogP contribution in [-0.2, 0) is 15.9 Å². The maximum atomic E-state index is 11.7. The molecule has 0 radical (unpaired) electrons. The van der Waals surface area contributed by atoms with Crippen molar-refractivity contribution >= 4 is 0 Å². The van der Waals surface area contributed by atoms with Gasteiger partial charge in [-0.3, -0.25) is 0 Å². The zero-order valence-corrected chi connectivity index (χ0v) is 20.7. The number of aryl methyl sites for hydroxylation is 1. The minimum Gasteiger partial charge on any atom is -0.467 e. The lowest BCUT2D eigenvalue weighted by Crippen LogP contribution is -2.60. The number of fused-ring (bicyclic) bond motifs is 1. The third-order valence-electron chi connectivity index (χ3n) is 8.25. The molecule has 182 valence electrons. The Labute approximate surface area is 193 Å². The van der Waals surface area contributed by atoms with Crippen molar-refractivity contribution in [2.75, 3.05) is 34.4 Å². The van der Waals surface area contributed by atoms with E-state index >= 15 is 0 Å². The predicted octanol–water partition coefficient (Wildman–Crippen LogP) is 4.47. The number of methoxy groups -OCH3 is 2. The van der Waals surface area contributed by atoms with Crippen LogP contribution in [0.25, 0.3) is 0 Å². The first-order valence-corrected chi connectivity index (χ1v) is 11.8. The standard InChI is InChI=1S/C26H42O6/c1-18-12-20(31-16-29-5)19(21(13-18)32-17-30-6)14-23-25(4)10-7-9-24(2,3)22(25)8-11-26(23,28)15-27/h12-13,22-23,27-28H,7-11,14-17H2,1-6H3/t22-,23+,25-,26-/m1/s1. The van der Waals surface area contributed by atoms with Crippen LogP contribution < -0.4 is 9.47 Å². The highest BCUT2D eigenvalue weighted by Crippen LogP contribution is 2.63. The molecule has 2 N–H and O–H groups in total. The monoisotopic (exact) mass is 450 g/mol. The van der Waals surface area contributed by atoms with Crippen LogP contribution in [0.15, 0.2) is 12.1 Å². The summed E-state index contributed by atoms with van der Waals surface area (Å²) in [5.41, 5.74) is 0.877. The molecular weight excluding hydrogens is 408 g/mol. The second kappa shape index (κ2) is 9.88. The first-order valence-electron chi connectivity index (χ1n) is 11.8. The molecule has 3 rings (SSSR count). The lowest BCUT2D eigenvalue weighted by Gasteiger charge is -2.61. The lowest BCUT2D eigenvalue weighted by molar-refractivity contribution is -0.188. The molecule has 0 unspecified atom stereocenters. The van der Waals surface area contributed by atoms with E-state index in [1.165, 1.54) is 6.42 Å². The van der Waals surface area contributed by atoms with Gasteiger partial charge in [-0.05, 0) is 79.4 Å². The van der Waals surface area contributed by atoms with Crippen LogP contribution in [-0.4, -0.2) is 50.2 Å². The Morgan fingerprint density at radius 3 is 2.09 bits per heavy atom. The zero-order valence-electron chi connectivity index (χ0n) is 20.7. The number of ether oxygens (including phenoxy) is 4. The van der Waals surface area contributed by atoms with E-state index in [1.54, 1.807) is 14.2 Å². The van der Waals surface area contributed by atoms with E-state index < -0.39 is 5.60 Å². The van der Waals surface area contributed by atoms with E-state index in [0.29, 0.717) is 30.3 Å². The first kappa shape index (κ1) is 25.3. The number of aliphatic hydroxyl groups is 2. The molecule has 0 amide bonds. The summed E-state index contributed by atoms with van der Waals surface area (Å²) < 4.78 is 22.2. The van der Waals surface area contributed by atoms with Crippen LogP contribution in [0.1, 0.15) is 64.0 Å². The van der Waals surface area contributed by atoms with Crippen LogP contribution in [0.3, 0.4) is 0 Å². The molecule has 6 heteroatoms. The number of hydrogen-bond acceptors (Lipinski definition) is 6. The Hall–Kier alpha value is -1.34. The summed E-state index contributed by atoms with van der Waals surface area (Å²) in [4.78, 5) is 0. The van der Waals surface area contributed by atoms with Gasteiger partial charge in [-0.1, -0.05) is 27.2 Å². The number of hydrogen-bond donors (Lipinski definition) is 2. The number of rotatable bonds is 9. The van der Waals surface area contributed by atoms with Crippen molar-refractivity contribution in [1.29, 1.82) is 0 Å². The van der Waals surface area contributed by atoms with Crippen molar-refractivity contribution in [1.82, 2.24) is 0 Å². The maximum absolute atomic E-state index is 11.7. The Morgan fingerprint density at radius 2 is 1.56 bits per heavy atom. The summed E-state index contributed by atoms with van der Waals surface area (Å²) in [5.74, 6) is 1.74. The van der Waals surface area contributed by atoms with Crippen molar-refractivity contribution in [3.8, 4) is 11.5 Å². The lowest BCUT2D eigenvalue weighted by atomic mass is 9.45. The molecule has 6 nitrogen and oxygen atoms in total. The van der Waals surface area contributed by atoms with Crippen molar-refractivity contribution < 1.29 is 29.2 Å². The third kappa shape index (κ3) is 4.79. The average Bonchev–Trinajstić information content (AvgIpc) is 2.73. The molecule has 0 heterocycles. The van der Waals surface area contributed by atoms with Gasteiger partial charge in [-0.15, -0.1) is 0 Å². The Balaban J connectivity index is 2.08. The van der Waals surface area contributed by atoms with Gasteiger partial charge < -0.3 is 29.2 Å². The van der Waals surface area contributed by atoms with Crippen molar-refractivity contribution in [3.63, 3.8) is 0 Å². The molecule has 1 aromatic rings. The van der Waals surface area contributed by atoms with Crippen LogP contribution in [0, 0.1) is 29.6 Å². The molecule has 2 aliphatic carbocycles. The van der Waals surface area contributed by atoms with E-state index in [1.807, 2.05) is 19.1 Å². The molecule has 0 saturated heterocycles. The van der Waals surface area contributed by atoms with E-state index in [0.717, 1.165) is 30.4 Å². The highest BCUT2D eigenvalue weighted by Gasteiger charge is 2.59. The Kier molecular flexibility index (Phi) is 7.81. The van der Waals surface area contributed by atoms with Gasteiger partial charge in [0.2, 0.25) is 0 Å². The molecule has 4 atom stereocenters. The second-order valence-electron chi connectivity index (χ2n) is 10.8. The quantitative estimate of drug-likeness (QED) is 0.541. The van der Waals surface area contributed by atoms with Gasteiger partial charge >= 0.3 is 0 Å². The third-order valence-corrected chi connectivity index (χ3v) is 8.25. The molecule has 2 aliphatic rings. The largest absolute Gasteiger partial charge is 0.467 e. The molecule has 0 aliphatic heterocycles. The molecule has 0 aromatic heterocycles. The molecule has 0 bridgehead atoms. The van der Waals surface area contributed by atoms with Gasteiger partial charge in [-0.25, -0.2) is 0 Å². The van der Waals surface area contributed by atoms with Gasteiger partial charge in [-0.2, -0.15) is 0 Å². The fraction of sp³-hybridized carbons (Fsp3) is 0.769. The molecule has 0 spiro atoms. The van der Waals surface area contributed by atoms with Crippen LogP contribution in [0.2, 0.25) is 0 Å². The fourth-order valence-corrected chi connectivity index (χ4v) is 6.76. The number of benzene rings is 1. The van der Waals surface area contributed by atoms with Gasteiger partial charge in [0.15, 0.2) is 13.6 Å². The fourth-order valence-electron chi connectivity index (χ4n) is 6.76. The van der Waals surface area contributed by atoms with Crippen molar-refractivity contribution in [2.24, 2.45) is 22.7 Å². The minimum absolute atomic E-state index is 0.0978. The number of aliphatic hydroxyl groups excluding tert-OH is 1. The van der Waals surface area contributed by atoms with E-state index in [9.17, 15) is 10.2 Å². The minimum atomic E-state index is -1.14. The van der Waals surface area contributed by atoms with Crippen molar-refractivity contribution in [3.05, 3.63) is 23.3 Å². The molecule has 32 heavy (non-hydrogen) atoms. The second-order valence-corrected chi connectivity index (χ2v) is 10.8. The van der Waals surface area contributed by atoms with Gasteiger partial charge in [0, 0.05) is 19.8 Å². The summed E-state index contributed by atoms with van der Waals surface area (Å²) >= 11 is 0. The highest BCUT2D eigenvalue weighted by atomic mass is 16.7. The molecular formula is C26H42O6. The smallest absolute Gasteiger partial charge is 0.188 e. The predicted molar refractivity (Wildman–Crippen MR) is 124 cm³/mol.